The van der Waals surface area contributed by atoms with Gasteiger partial charge in [0.25, 0.3) is 0 Å². The fourth-order valence-corrected chi connectivity index (χ4v) is 4.24. The Labute approximate surface area is 115 Å². The third-order valence-electron chi connectivity index (χ3n) is 3.86. The molecule has 1 aromatic carbocycles. The maximum atomic E-state index is 11.1. The van der Waals surface area contributed by atoms with Crippen molar-refractivity contribution in [2.75, 3.05) is 0 Å². The Bertz CT molecular complexity index is 432. The molecule has 1 fully saturated rings. The monoisotopic (exact) mass is 266 g/mol. The molecule has 0 bridgehead atoms. The number of aliphatic hydroxyl groups is 1. The molecule has 2 rings (SSSR count). The molecule has 1 aliphatic rings. The molecule has 1 aromatic rings. The summed E-state index contributed by atoms with van der Waals surface area (Å²) in [6.07, 6.45) is 2.73. The largest absolute Gasteiger partial charge is 0.385 e. The van der Waals surface area contributed by atoms with Gasteiger partial charge in [0.15, 0.2) is 0 Å². The topological polar surface area (TPSA) is 20.2 Å². The molecule has 100 valence electrons. The Hall–Kier alpha value is -0.530. The Balaban J connectivity index is 2.41. The first kappa shape index (κ1) is 13.9. The fourth-order valence-electron chi connectivity index (χ4n) is 4.05. The van der Waals surface area contributed by atoms with E-state index in [0.717, 1.165) is 24.8 Å². The van der Waals surface area contributed by atoms with Crippen LogP contribution in [0.5, 0.6) is 0 Å². The van der Waals surface area contributed by atoms with Gasteiger partial charge in [-0.15, -0.1) is 0 Å². The fraction of sp³-hybridized carbons (Fsp3) is 0.625. The predicted octanol–water partition coefficient (Wildman–Crippen LogP) is 4.76. The molecule has 0 amide bonds. The van der Waals surface area contributed by atoms with E-state index >= 15 is 0 Å². The molecule has 0 aliphatic heterocycles. The molecule has 0 heterocycles. The summed E-state index contributed by atoms with van der Waals surface area (Å²) in [5, 5.41) is 11.8. The van der Waals surface area contributed by atoms with Gasteiger partial charge in [0.05, 0.1) is 5.60 Å². The third-order valence-corrected chi connectivity index (χ3v) is 4.10. The van der Waals surface area contributed by atoms with Crippen molar-refractivity contribution in [1.29, 1.82) is 0 Å². The minimum atomic E-state index is -0.754. The van der Waals surface area contributed by atoms with Gasteiger partial charge in [0.1, 0.15) is 0 Å². The third kappa shape index (κ3) is 2.89. The van der Waals surface area contributed by atoms with Gasteiger partial charge < -0.3 is 5.11 Å². The highest BCUT2D eigenvalue weighted by atomic mass is 35.5. The minimum Gasteiger partial charge on any atom is -0.385 e. The smallest absolute Gasteiger partial charge is 0.0907 e. The Morgan fingerprint density at radius 3 is 2.06 bits per heavy atom. The van der Waals surface area contributed by atoms with Crippen molar-refractivity contribution in [2.24, 2.45) is 10.8 Å². The quantitative estimate of drug-likeness (QED) is 0.777. The van der Waals surface area contributed by atoms with Crippen molar-refractivity contribution in [1.82, 2.24) is 0 Å². The molecule has 1 saturated carbocycles. The molecule has 1 N–H and O–H groups in total. The number of benzene rings is 1. The molecule has 0 atom stereocenters. The Morgan fingerprint density at radius 1 is 1.00 bits per heavy atom. The van der Waals surface area contributed by atoms with Crippen LogP contribution in [0.25, 0.3) is 0 Å². The van der Waals surface area contributed by atoms with E-state index < -0.39 is 5.60 Å². The molecule has 0 unspecified atom stereocenters. The lowest BCUT2D eigenvalue weighted by Gasteiger charge is -2.49. The summed E-state index contributed by atoms with van der Waals surface area (Å²) in [6.45, 7) is 8.96. The molecule has 0 aromatic heterocycles. The highest BCUT2D eigenvalue weighted by Crippen LogP contribution is 2.53. The summed E-state index contributed by atoms with van der Waals surface area (Å²) >= 11 is 6.06. The van der Waals surface area contributed by atoms with Crippen LogP contribution < -0.4 is 0 Å². The van der Waals surface area contributed by atoms with Gasteiger partial charge in [0.2, 0.25) is 0 Å². The van der Waals surface area contributed by atoms with E-state index in [1.54, 1.807) is 0 Å². The molecule has 18 heavy (non-hydrogen) atoms. The average molecular weight is 267 g/mol. The zero-order valence-corrected chi connectivity index (χ0v) is 12.5. The number of halogens is 1. The standard InChI is InChI=1S/C16H23ClO/c1-14(2)9-15(3,4)11-16(18,10-14)12-6-5-7-13(17)8-12/h5-8,18H,9-11H2,1-4H3. The lowest BCUT2D eigenvalue weighted by atomic mass is 9.58. The summed E-state index contributed by atoms with van der Waals surface area (Å²) in [7, 11) is 0. The highest BCUT2D eigenvalue weighted by molar-refractivity contribution is 6.30. The lowest BCUT2D eigenvalue weighted by molar-refractivity contribution is -0.0912. The van der Waals surface area contributed by atoms with Gasteiger partial charge in [-0.2, -0.15) is 0 Å². The molecule has 2 heteroatoms. The minimum absolute atomic E-state index is 0.152. The van der Waals surface area contributed by atoms with Gasteiger partial charge in [0, 0.05) is 5.02 Å². The summed E-state index contributed by atoms with van der Waals surface area (Å²) in [4.78, 5) is 0. The van der Waals surface area contributed by atoms with E-state index in [9.17, 15) is 5.11 Å². The molecular weight excluding hydrogens is 244 g/mol. The van der Waals surface area contributed by atoms with Crippen LogP contribution in [0.2, 0.25) is 5.02 Å². The highest BCUT2D eigenvalue weighted by Gasteiger charge is 2.47. The first-order valence-corrected chi connectivity index (χ1v) is 6.98. The van der Waals surface area contributed by atoms with Crippen molar-refractivity contribution < 1.29 is 5.11 Å². The van der Waals surface area contributed by atoms with Crippen LogP contribution >= 0.6 is 11.6 Å². The van der Waals surface area contributed by atoms with Crippen LogP contribution in [0.3, 0.4) is 0 Å². The zero-order valence-electron chi connectivity index (χ0n) is 11.8. The van der Waals surface area contributed by atoms with E-state index in [1.807, 2.05) is 24.3 Å². The second kappa shape index (κ2) is 4.25. The molecule has 1 aliphatic carbocycles. The zero-order chi connectivity index (χ0) is 13.6. The Kier molecular flexibility index (Phi) is 3.28. The van der Waals surface area contributed by atoms with Crippen LogP contribution in [-0.4, -0.2) is 5.11 Å². The van der Waals surface area contributed by atoms with Crippen LogP contribution in [0, 0.1) is 10.8 Å². The van der Waals surface area contributed by atoms with Crippen LogP contribution in [-0.2, 0) is 5.60 Å². The maximum absolute atomic E-state index is 11.1. The lowest BCUT2D eigenvalue weighted by Crippen LogP contribution is -2.44. The van der Waals surface area contributed by atoms with Crippen molar-refractivity contribution >= 4 is 11.6 Å². The van der Waals surface area contributed by atoms with Crippen LogP contribution in [0.4, 0.5) is 0 Å². The van der Waals surface area contributed by atoms with E-state index in [2.05, 4.69) is 27.7 Å². The van der Waals surface area contributed by atoms with E-state index in [1.165, 1.54) is 0 Å². The Morgan fingerprint density at radius 2 is 1.56 bits per heavy atom. The average Bonchev–Trinajstić information content (AvgIpc) is 2.11. The van der Waals surface area contributed by atoms with Crippen LogP contribution in [0.15, 0.2) is 24.3 Å². The normalized spacial score (nSPS) is 24.8. The van der Waals surface area contributed by atoms with Crippen molar-refractivity contribution in [3.63, 3.8) is 0 Å². The maximum Gasteiger partial charge on any atom is 0.0907 e. The van der Waals surface area contributed by atoms with Crippen molar-refractivity contribution in [3.8, 4) is 0 Å². The molecule has 0 spiro atoms. The van der Waals surface area contributed by atoms with Gasteiger partial charge >= 0.3 is 0 Å². The SMILES string of the molecule is CC1(C)CC(C)(C)CC(O)(c2cccc(Cl)c2)C1. The number of hydrogen-bond donors (Lipinski definition) is 1. The van der Waals surface area contributed by atoms with Gasteiger partial charge in [-0.3, -0.25) is 0 Å². The van der Waals surface area contributed by atoms with Crippen molar-refractivity contribution in [2.45, 2.75) is 52.6 Å². The molecule has 1 nitrogen and oxygen atoms in total. The number of rotatable bonds is 1. The second-order valence-corrected chi connectivity index (χ2v) is 7.84. The van der Waals surface area contributed by atoms with E-state index in [4.69, 9.17) is 11.6 Å². The predicted molar refractivity (Wildman–Crippen MR) is 76.8 cm³/mol. The van der Waals surface area contributed by atoms with Crippen LogP contribution in [0.1, 0.15) is 52.5 Å². The number of hydrogen-bond acceptors (Lipinski definition) is 1. The van der Waals surface area contributed by atoms with Gasteiger partial charge in [-0.05, 0) is 47.8 Å². The van der Waals surface area contributed by atoms with E-state index in [0.29, 0.717) is 5.02 Å². The second-order valence-electron chi connectivity index (χ2n) is 7.40. The summed E-state index contributed by atoms with van der Waals surface area (Å²) < 4.78 is 0. The summed E-state index contributed by atoms with van der Waals surface area (Å²) in [5.74, 6) is 0. The van der Waals surface area contributed by atoms with Crippen molar-refractivity contribution in [3.05, 3.63) is 34.9 Å². The molecule has 0 saturated heterocycles. The first-order valence-electron chi connectivity index (χ1n) is 6.61. The molecular formula is C16H23ClO. The summed E-state index contributed by atoms with van der Waals surface area (Å²) in [5.41, 5.74) is 0.504. The van der Waals surface area contributed by atoms with E-state index in [-0.39, 0.29) is 10.8 Å². The van der Waals surface area contributed by atoms with Gasteiger partial charge in [-0.1, -0.05) is 51.4 Å². The first-order chi connectivity index (χ1) is 8.12. The summed E-state index contributed by atoms with van der Waals surface area (Å²) in [6, 6.07) is 7.67. The van der Waals surface area contributed by atoms with Gasteiger partial charge in [-0.25, -0.2) is 0 Å². The molecule has 0 radical (unpaired) electrons.